The first-order valence-corrected chi connectivity index (χ1v) is 9.39. The van der Waals surface area contributed by atoms with Gasteiger partial charge in [0.1, 0.15) is 5.75 Å². The van der Waals surface area contributed by atoms with Gasteiger partial charge in [0.15, 0.2) is 0 Å². The molecule has 1 heterocycles. The van der Waals surface area contributed by atoms with Crippen molar-refractivity contribution in [3.8, 4) is 5.75 Å². The molecule has 0 radical (unpaired) electrons. The number of halogens is 1. The van der Waals surface area contributed by atoms with Crippen LogP contribution in [-0.2, 0) is 16.6 Å². The number of benzene rings is 2. The largest absolute Gasteiger partial charge is 0.496 e. The van der Waals surface area contributed by atoms with Crippen molar-refractivity contribution in [2.75, 3.05) is 20.2 Å². The molecule has 2 aromatic rings. The van der Waals surface area contributed by atoms with Gasteiger partial charge in [-0.25, -0.2) is 0 Å². The molecule has 2 aromatic carbocycles. The van der Waals surface area contributed by atoms with E-state index in [0.29, 0.717) is 6.54 Å². The van der Waals surface area contributed by atoms with Crippen molar-refractivity contribution in [1.29, 1.82) is 0 Å². The van der Waals surface area contributed by atoms with Gasteiger partial charge in [-0.1, -0.05) is 36.4 Å². The molecule has 4 rings (SSSR count). The van der Waals surface area contributed by atoms with Gasteiger partial charge in [0.25, 0.3) is 0 Å². The summed E-state index contributed by atoms with van der Waals surface area (Å²) in [7, 11) is 1.68. The van der Waals surface area contributed by atoms with Gasteiger partial charge in [0, 0.05) is 12.6 Å². The summed E-state index contributed by atoms with van der Waals surface area (Å²) in [6.45, 7) is 3.60. The minimum atomic E-state index is -0.380. The second kappa shape index (κ2) is 7.91. The molecular weight excluding hydrogens is 360 g/mol. The Bertz CT molecular complexity index is 833. The van der Waals surface area contributed by atoms with E-state index in [0.717, 1.165) is 42.7 Å². The molecule has 1 unspecified atom stereocenters. The van der Waals surface area contributed by atoms with Crippen molar-refractivity contribution in [3.05, 3.63) is 64.7 Å². The maximum absolute atomic E-state index is 13.0. The van der Waals surface area contributed by atoms with E-state index in [1.54, 1.807) is 7.11 Å². The fourth-order valence-electron chi connectivity index (χ4n) is 4.03. The Morgan fingerprint density at radius 3 is 2.78 bits per heavy atom. The summed E-state index contributed by atoms with van der Waals surface area (Å²) in [5, 5.41) is 6.74. The Morgan fingerprint density at radius 2 is 2.04 bits per heavy atom. The van der Waals surface area contributed by atoms with Gasteiger partial charge in [0.2, 0.25) is 5.91 Å². The topological polar surface area (TPSA) is 50.4 Å². The van der Waals surface area contributed by atoms with Gasteiger partial charge in [-0.3, -0.25) is 4.79 Å². The molecule has 0 aromatic heterocycles. The lowest BCUT2D eigenvalue weighted by Gasteiger charge is -2.28. The van der Waals surface area contributed by atoms with Crippen LogP contribution in [-0.4, -0.2) is 26.1 Å². The number of nitrogens with one attached hydrogen (secondary N) is 2. The lowest BCUT2D eigenvalue weighted by atomic mass is 9.92. The molecular formula is C22H27ClN2O2. The molecule has 1 saturated carbocycles. The average molecular weight is 387 g/mol. The summed E-state index contributed by atoms with van der Waals surface area (Å²) in [5.74, 6) is 0.984. The molecule has 1 fully saturated rings. The zero-order valence-corrected chi connectivity index (χ0v) is 16.7. The molecule has 5 heteroatoms. The third-order valence-corrected chi connectivity index (χ3v) is 5.83. The number of ether oxygens (including phenoxy) is 1. The summed E-state index contributed by atoms with van der Waals surface area (Å²) in [6, 6.07) is 14.8. The number of carbonyl (C=O) groups excluding carboxylic acids is 1. The molecule has 144 valence electrons. The minimum Gasteiger partial charge on any atom is -0.496 e. The monoisotopic (exact) mass is 386 g/mol. The van der Waals surface area contributed by atoms with Crippen molar-refractivity contribution in [1.82, 2.24) is 10.6 Å². The van der Waals surface area contributed by atoms with Crippen LogP contribution in [0.1, 0.15) is 41.1 Å². The third kappa shape index (κ3) is 3.69. The van der Waals surface area contributed by atoms with Gasteiger partial charge in [-0.15, -0.1) is 12.4 Å². The lowest BCUT2D eigenvalue weighted by molar-refractivity contribution is -0.123. The maximum Gasteiger partial charge on any atom is 0.230 e. The zero-order valence-electron chi connectivity index (χ0n) is 15.9. The van der Waals surface area contributed by atoms with Crippen LogP contribution in [0.25, 0.3) is 0 Å². The van der Waals surface area contributed by atoms with Crippen molar-refractivity contribution < 1.29 is 9.53 Å². The first kappa shape index (κ1) is 19.7. The average Bonchev–Trinajstić information content (AvgIpc) is 3.48. The summed E-state index contributed by atoms with van der Waals surface area (Å²) in [5.41, 5.74) is 4.47. The van der Waals surface area contributed by atoms with Crippen LogP contribution in [0, 0.1) is 6.92 Å². The second-order valence-electron chi connectivity index (χ2n) is 7.43. The highest BCUT2D eigenvalue weighted by atomic mass is 35.5. The highest BCUT2D eigenvalue weighted by Gasteiger charge is 2.51. The fourth-order valence-corrected chi connectivity index (χ4v) is 4.03. The SMILES string of the molecule is COc1cc(C2(C(=O)NCC3NCCc4ccccc43)CC2)ccc1C.Cl. The molecule has 27 heavy (non-hydrogen) atoms. The lowest BCUT2D eigenvalue weighted by Crippen LogP contribution is -2.42. The molecule has 1 aliphatic heterocycles. The van der Waals surface area contributed by atoms with Crippen LogP contribution >= 0.6 is 12.4 Å². The quantitative estimate of drug-likeness (QED) is 0.827. The first-order valence-electron chi connectivity index (χ1n) is 9.39. The predicted molar refractivity (Wildman–Crippen MR) is 110 cm³/mol. The highest BCUT2D eigenvalue weighted by molar-refractivity contribution is 5.91. The van der Waals surface area contributed by atoms with Crippen molar-refractivity contribution in [2.45, 2.75) is 37.6 Å². The maximum atomic E-state index is 13.0. The normalized spacial score (nSPS) is 19.4. The van der Waals surface area contributed by atoms with Crippen molar-refractivity contribution in [3.63, 3.8) is 0 Å². The summed E-state index contributed by atoms with van der Waals surface area (Å²) in [6.07, 6.45) is 2.85. The summed E-state index contributed by atoms with van der Waals surface area (Å²) < 4.78 is 5.44. The van der Waals surface area contributed by atoms with E-state index in [9.17, 15) is 4.79 Å². The number of rotatable bonds is 5. The van der Waals surface area contributed by atoms with E-state index in [1.807, 2.05) is 19.1 Å². The minimum absolute atomic E-state index is 0. The molecule has 1 atom stereocenters. The first-order chi connectivity index (χ1) is 12.6. The molecule has 1 aliphatic carbocycles. The molecule has 2 aliphatic rings. The highest BCUT2D eigenvalue weighted by Crippen LogP contribution is 2.49. The van der Waals surface area contributed by atoms with Gasteiger partial charge in [0.05, 0.1) is 12.5 Å². The van der Waals surface area contributed by atoms with Gasteiger partial charge in [-0.05, 0) is 61.1 Å². The van der Waals surface area contributed by atoms with Gasteiger partial charge in [-0.2, -0.15) is 0 Å². The molecule has 0 bridgehead atoms. The molecule has 1 amide bonds. The molecule has 2 N–H and O–H groups in total. The Balaban J connectivity index is 0.00000210. The van der Waals surface area contributed by atoms with Gasteiger partial charge >= 0.3 is 0 Å². The van der Waals surface area contributed by atoms with E-state index in [-0.39, 0.29) is 29.8 Å². The Hall–Kier alpha value is -2.04. The van der Waals surface area contributed by atoms with Crippen LogP contribution in [0.4, 0.5) is 0 Å². The van der Waals surface area contributed by atoms with Crippen LogP contribution in [0.2, 0.25) is 0 Å². The zero-order chi connectivity index (χ0) is 18.1. The number of carbonyl (C=O) groups is 1. The summed E-state index contributed by atoms with van der Waals surface area (Å²) >= 11 is 0. The van der Waals surface area contributed by atoms with E-state index >= 15 is 0 Å². The second-order valence-corrected chi connectivity index (χ2v) is 7.43. The summed E-state index contributed by atoms with van der Waals surface area (Å²) in [4.78, 5) is 13.0. The number of amides is 1. The van der Waals surface area contributed by atoms with Crippen LogP contribution in [0.15, 0.2) is 42.5 Å². The van der Waals surface area contributed by atoms with Crippen LogP contribution < -0.4 is 15.4 Å². The Labute approximate surface area is 167 Å². The van der Waals surface area contributed by atoms with E-state index in [4.69, 9.17) is 4.74 Å². The smallest absolute Gasteiger partial charge is 0.230 e. The fraction of sp³-hybridized carbons (Fsp3) is 0.409. The van der Waals surface area contributed by atoms with Crippen molar-refractivity contribution in [2.24, 2.45) is 0 Å². The van der Waals surface area contributed by atoms with Gasteiger partial charge < -0.3 is 15.4 Å². The molecule has 0 spiro atoms. The standard InChI is InChI=1S/C22H26N2O2.ClH/c1-15-7-8-17(13-20(15)26-2)22(10-11-22)21(25)24-14-19-18-6-4-3-5-16(18)9-12-23-19;/h3-8,13,19,23H,9-12,14H2,1-2H3,(H,24,25);1H. The molecule has 0 saturated heterocycles. The third-order valence-electron chi connectivity index (χ3n) is 5.83. The number of hydrogen-bond donors (Lipinski definition) is 2. The van der Waals surface area contributed by atoms with Crippen LogP contribution in [0.5, 0.6) is 5.75 Å². The van der Waals surface area contributed by atoms with Crippen LogP contribution in [0.3, 0.4) is 0 Å². The Kier molecular flexibility index (Phi) is 5.78. The predicted octanol–water partition coefficient (Wildman–Crippen LogP) is 3.46. The molecule has 4 nitrogen and oxygen atoms in total. The Morgan fingerprint density at radius 1 is 1.26 bits per heavy atom. The van der Waals surface area contributed by atoms with E-state index in [1.165, 1.54) is 11.1 Å². The number of aryl methyl sites for hydroxylation is 1. The van der Waals surface area contributed by atoms with Crippen molar-refractivity contribution >= 4 is 18.3 Å². The number of hydrogen-bond acceptors (Lipinski definition) is 3. The van der Waals surface area contributed by atoms with E-state index in [2.05, 4.69) is 41.0 Å². The number of methoxy groups -OCH3 is 1. The number of fused-ring (bicyclic) bond motifs is 1. The van der Waals surface area contributed by atoms with E-state index < -0.39 is 0 Å².